The smallest absolute Gasteiger partial charge is 0.234 e. The summed E-state index contributed by atoms with van der Waals surface area (Å²) in [6, 6.07) is 8.62. The van der Waals surface area contributed by atoms with Crippen LogP contribution in [0.1, 0.15) is 0 Å². The molecule has 4 rings (SSSR count). The predicted molar refractivity (Wildman–Crippen MR) is 115 cm³/mol. The van der Waals surface area contributed by atoms with E-state index in [4.69, 9.17) is 11.6 Å². The number of carbonyl (C=O) groups is 1. The first-order valence-electron chi connectivity index (χ1n) is 8.92. The van der Waals surface area contributed by atoms with Crippen LogP contribution >= 0.6 is 23.4 Å². The molecule has 2 aromatic carbocycles. The van der Waals surface area contributed by atoms with Crippen molar-refractivity contribution in [2.24, 2.45) is 4.99 Å². The lowest BCUT2D eigenvalue weighted by atomic mass is 10.1. The van der Waals surface area contributed by atoms with E-state index in [1.807, 2.05) is 0 Å². The van der Waals surface area contributed by atoms with Crippen LogP contribution in [-0.4, -0.2) is 48.8 Å². The van der Waals surface area contributed by atoms with E-state index in [1.165, 1.54) is 11.0 Å². The van der Waals surface area contributed by atoms with Gasteiger partial charge in [-0.15, -0.1) is 0 Å². The number of hydrogen-bond acceptors (Lipinski definition) is 6. The molecule has 11 heteroatoms. The number of rotatable bonds is 4. The monoisotopic (exact) mass is 471 g/mol. The molecule has 2 aromatic rings. The van der Waals surface area contributed by atoms with Gasteiger partial charge in [-0.1, -0.05) is 29.4 Å². The Morgan fingerprint density at radius 3 is 2.77 bits per heavy atom. The number of sulfone groups is 1. The third-order valence-electron chi connectivity index (χ3n) is 4.72. The summed E-state index contributed by atoms with van der Waals surface area (Å²) in [6.45, 7) is 0. The molecule has 0 radical (unpaired) electrons. The Morgan fingerprint density at radius 1 is 1.23 bits per heavy atom. The van der Waals surface area contributed by atoms with Crippen LogP contribution in [0.3, 0.4) is 0 Å². The highest BCUT2D eigenvalue weighted by molar-refractivity contribution is 8.14. The highest BCUT2D eigenvalue weighted by atomic mass is 35.5. The van der Waals surface area contributed by atoms with E-state index in [1.54, 1.807) is 24.3 Å². The molecule has 158 valence electrons. The van der Waals surface area contributed by atoms with Crippen molar-refractivity contribution in [1.29, 1.82) is 0 Å². The molecule has 0 saturated carbocycles. The highest BCUT2D eigenvalue weighted by Crippen LogP contribution is 2.36. The molecule has 30 heavy (non-hydrogen) atoms. The van der Waals surface area contributed by atoms with Crippen molar-refractivity contribution in [2.45, 2.75) is 12.1 Å². The van der Waals surface area contributed by atoms with Gasteiger partial charge >= 0.3 is 0 Å². The molecular formula is C19H16ClF2N3O3S2. The van der Waals surface area contributed by atoms with Crippen molar-refractivity contribution in [1.82, 2.24) is 0 Å². The normalized spacial score (nSPS) is 22.0. The summed E-state index contributed by atoms with van der Waals surface area (Å²) in [6.07, 6.45) is 0. The van der Waals surface area contributed by atoms with Crippen LogP contribution in [0.2, 0.25) is 5.02 Å². The number of nitrogens with one attached hydrogen (secondary N) is 1. The van der Waals surface area contributed by atoms with Crippen molar-refractivity contribution in [3.8, 4) is 0 Å². The minimum absolute atomic E-state index is 0.0301. The van der Waals surface area contributed by atoms with Crippen molar-refractivity contribution < 1.29 is 22.0 Å². The molecule has 1 amide bonds. The van der Waals surface area contributed by atoms with E-state index in [9.17, 15) is 22.0 Å². The van der Waals surface area contributed by atoms with Gasteiger partial charge in [0.2, 0.25) is 5.91 Å². The molecule has 1 saturated heterocycles. The summed E-state index contributed by atoms with van der Waals surface area (Å²) < 4.78 is 51.9. The third-order valence-corrected chi connectivity index (χ3v) is 7.62. The molecule has 2 aliphatic rings. The van der Waals surface area contributed by atoms with Crippen LogP contribution < -0.4 is 10.2 Å². The first-order valence-corrected chi connectivity index (χ1v) is 12.1. The second-order valence-corrected chi connectivity index (χ2v) is 10.5. The summed E-state index contributed by atoms with van der Waals surface area (Å²) in [5, 5.41) is 3.51. The molecule has 0 spiro atoms. The number of benzene rings is 2. The van der Waals surface area contributed by atoms with Gasteiger partial charge in [-0.25, -0.2) is 17.2 Å². The zero-order valence-corrected chi connectivity index (χ0v) is 17.8. The van der Waals surface area contributed by atoms with Gasteiger partial charge in [0.1, 0.15) is 11.6 Å². The Hall–Kier alpha value is -2.17. The van der Waals surface area contributed by atoms with Crippen molar-refractivity contribution in [2.75, 3.05) is 27.5 Å². The lowest BCUT2D eigenvalue weighted by Crippen LogP contribution is -2.40. The number of amides is 1. The maximum absolute atomic E-state index is 14.5. The maximum atomic E-state index is 14.5. The third kappa shape index (κ3) is 4.45. The van der Waals surface area contributed by atoms with Crippen molar-refractivity contribution in [3.63, 3.8) is 0 Å². The van der Waals surface area contributed by atoms with Gasteiger partial charge in [0.25, 0.3) is 0 Å². The highest BCUT2D eigenvalue weighted by Gasteiger charge is 2.47. The van der Waals surface area contributed by atoms with Gasteiger partial charge in [-0.2, -0.15) is 0 Å². The second kappa shape index (κ2) is 8.16. The molecule has 6 nitrogen and oxygen atoms in total. The molecule has 0 aliphatic carbocycles. The Morgan fingerprint density at radius 2 is 2.03 bits per heavy atom. The molecule has 0 unspecified atom stereocenters. The first kappa shape index (κ1) is 21.1. The fourth-order valence-corrected chi connectivity index (χ4v) is 6.43. The van der Waals surface area contributed by atoms with E-state index < -0.39 is 33.6 Å². The number of nitrogens with zero attached hydrogens (tertiary/aromatic N) is 2. The number of amidine groups is 1. The van der Waals surface area contributed by atoms with E-state index in [2.05, 4.69) is 10.3 Å². The quantitative estimate of drug-likeness (QED) is 0.740. The zero-order valence-electron chi connectivity index (χ0n) is 15.4. The van der Waals surface area contributed by atoms with Crippen molar-refractivity contribution >= 4 is 55.6 Å². The molecule has 1 N–H and O–H groups in total. The Bertz CT molecular complexity index is 1140. The lowest BCUT2D eigenvalue weighted by molar-refractivity contribution is -0.113. The summed E-state index contributed by atoms with van der Waals surface area (Å²) in [5.74, 6) is -2.24. The first-order chi connectivity index (χ1) is 14.2. The molecule has 1 fully saturated rings. The average Bonchev–Trinajstić information content (AvgIpc) is 3.11. The summed E-state index contributed by atoms with van der Waals surface area (Å²) in [4.78, 5) is 18.2. The lowest BCUT2D eigenvalue weighted by Gasteiger charge is -2.26. The molecule has 2 heterocycles. The van der Waals surface area contributed by atoms with E-state index in [-0.39, 0.29) is 28.9 Å². The van der Waals surface area contributed by atoms with Crippen LogP contribution in [0, 0.1) is 11.6 Å². The Kier molecular flexibility index (Phi) is 5.73. The average molecular weight is 472 g/mol. The molecule has 2 atom stereocenters. The molecule has 0 aromatic heterocycles. The fourth-order valence-electron chi connectivity index (χ4n) is 3.48. The van der Waals surface area contributed by atoms with Gasteiger partial charge in [0, 0.05) is 16.8 Å². The minimum atomic E-state index is -3.31. The number of carbonyl (C=O) groups excluding carboxylic acids is 1. The Balaban J connectivity index is 1.53. The van der Waals surface area contributed by atoms with E-state index >= 15 is 0 Å². The standard InChI is InChI=1S/C19H16ClF2N3O3S2/c20-11-2-1-3-13(6-11)23-18(26)8-29-19-24-15-9-30(27,28)10-17(15)25(19)16-5-4-12(21)7-14(16)22/h1-7,15,17H,8-10H2,(H,23,26)/t15-,17+/m0/s1. The number of anilines is 2. The van der Waals surface area contributed by atoms with Crippen LogP contribution in [0.15, 0.2) is 47.5 Å². The number of thioether (sulfide) groups is 1. The number of hydrogen-bond donors (Lipinski definition) is 1. The summed E-state index contributed by atoms with van der Waals surface area (Å²) in [7, 11) is -3.31. The fraction of sp³-hybridized carbons (Fsp3) is 0.263. The maximum Gasteiger partial charge on any atom is 0.234 e. The number of aliphatic imine (C=N–C) groups is 1. The van der Waals surface area contributed by atoms with Crippen molar-refractivity contribution in [3.05, 3.63) is 59.1 Å². The minimum Gasteiger partial charge on any atom is -0.325 e. The van der Waals surface area contributed by atoms with Gasteiger partial charge in [-0.05, 0) is 30.3 Å². The number of fused-ring (bicyclic) bond motifs is 1. The Labute approximate surface area is 181 Å². The van der Waals surface area contributed by atoms with Gasteiger partial charge in [-0.3, -0.25) is 9.79 Å². The predicted octanol–water partition coefficient (Wildman–Crippen LogP) is 3.33. The van der Waals surface area contributed by atoms with Crippen LogP contribution in [0.4, 0.5) is 20.2 Å². The molecule has 2 aliphatic heterocycles. The molecular weight excluding hydrogens is 456 g/mol. The number of halogens is 3. The van der Waals surface area contributed by atoms with Gasteiger partial charge in [0.05, 0.1) is 35.0 Å². The zero-order chi connectivity index (χ0) is 21.5. The van der Waals surface area contributed by atoms with Crippen LogP contribution in [0.25, 0.3) is 0 Å². The van der Waals surface area contributed by atoms with E-state index in [0.717, 1.165) is 23.9 Å². The summed E-state index contributed by atoms with van der Waals surface area (Å²) >= 11 is 6.97. The van der Waals surface area contributed by atoms with E-state index in [0.29, 0.717) is 15.9 Å². The van der Waals surface area contributed by atoms with Gasteiger partial charge in [0.15, 0.2) is 15.0 Å². The van der Waals surface area contributed by atoms with Crippen LogP contribution in [-0.2, 0) is 14.6 Å². The summed E-state index contributed by atoms with van der Waals surface area (Å²) in [5.41, 5.74) is 0.563. The van der Waals surface area contributed by atoms with Gasteiger partial charge < -0.3 is 10.2 Å². The SMILES string of the molecule is O=C(CSC1=N[C@H]2CS(=O)(=O)C[C@H]2N1c1ccc(F)cc1F)Nc1cccc(Cl)c1. The largest absolute Gasteiger partial charge is 0.325 e. The second-order valence-electron chi connectivity index (χ2n) is 6.94. The topological polar surface area (TPSA) is 78.8 Å². The van der Waals surface area contributed by atoms with Crippen LogP contribution in [0.5, 0.6) is 0 Å². The molecule has 0 bridgehead atoms.